The molecule has 152 valence electrons. The first-order valence-corrected chi connectivity index (χ1v) is 9.25. The molecule has 2 heterocycles. The summed E-state index contributed by atoms with van der Waals surface area (Å²) in [5.74, 6) is -0.336. The lowest BCUT2D eigenvalue weighted by molar-refractivity contribution is 0.0378. The second-order valence-corrected chi connectivity index (χ2v) is 7.08. The summed E-state index contributed by atoms with van der Waals surface area (Å²) in [5, 5.41) is 19.2. The normalized spacial score (nSPS) is 11.5. The monoisotopic (exact) mass is 424 g/mol. The number of nitrogens with zero attached hydrogens (tertiary/aromatic N) is 1. The summed E-state index contributed by atoms with van der Waals surface area (Å²) in [4.78, 5) is 26.6. The number of aromatic hydroxyl groups is 1. The van der Waals surface area contributed by atoms with Crippen LogP contribution in [0.25, 0.3) is 24.0 Å². The average molecular weight is 425 g/mol. The van der Waals surface area contributed by atoms with Gasteiger partial charge < -0.3 is 14.3 Å². The van der Waals surface area contributed by atoms with Crippen LogP contribution < -0.4 is 16.0 Å². The number of rotatable bonds is 4. The lowest BCUT2D eigenvalue weighted by Gasteiger charge is -2.10. The van der Waals surface area contributed by atoms with Gasteiger partial charge in [-0.05, 0) is 50.3 Å². The summed E-state index contributed by atoms with van der Waals surface area (Å²) in [6.07, 6.45) is 1.12. The predicted octanol–water partition coefficient (Wildman–Crippen LogP) is 2.67. The largest absolute Gasteiger partial charge is 0.494 e. The molecular weight excluding hydrogens is 408 g/mol. The highest BCUT2D eigenvalue weighted by Gasteiger charge is 2.16. The molecule has 1 aromatic carbocycles. The number of ether oxygens (including phenoxy) is 1. The van der Waals surface area contributed by atoms with Crippen LogP contribution in [0.4, 0.5) is 0 Å². The van der Waals surface area contributed by atoms with Crippen LogP contribution in [-0.4, -0.2) is 22.2 Å². The van der Waals surface area contributed by atoms with Gasteiger partial charge in [-0.1, -0.05) is 18.2 Å². The van der Waals surface area contributed by atoms with Gasteiger partial charge in [0.2, 0.25) is 5.88 Å². The molecule has 8 heteroatoms. The molecule has 0 atom stereocenters. The van der Waals surface area contributed by atoms with Crippen molar-refractivity contribution in [3.05, 3.63) is 73.0 Å². The third-order valence-electron chi connectivity index (χ3n) is 4.18. The molecule has 0 aliphatic heterocycles. The lowest BCUT2D eigenvalue weighted by Crippen LogP contribution is -2.41. The van der Waals surface area contributed by atoms with E-state index in [2.05, 4.69) is 11.6 Å². The van der Waals surface area contributed by atoms with Crippen molar-refractivity contribution in [1.82, 2.24) is 4.98 Å². The average Bonchev–Trinajstić information content (AvgIpc) is 3.14. The highest BCUT2D eigenvalue weighted by Crippen LogP contribution is 2.27. The minimum Gasteiger partial charge on any atom is -0.494 e. The minimum atomic E-state index is -0.611. The zero-order valence-corrected chi connectivity index (χ0v) is 16.9. The summed E-state index contributed by atoms with van der Waals surface area (Å²) in [7, 11) is 0. The van der Waals surface area contributed by atoms with E-state index in [1.807, 2.05) is 0 Å². The van der Waals surface area contributed by atoms with Gasteiger partial charge in [-0.15, -0.1) is 0 Å². The predicted molar refractivity (Wildman–Crippen MR) is 111 cm³/mol. The summed E-state index contributed by atoms with van der Waals surface area (Å²) in [6, 6.07) is 9.89. The standard InChI is InChI=1S/C22H17ClN2O5/c1-11(2)29-22(28)16-8-13(4-6-18(16)23)19-7-5-14(30-19)9-15-12(3)17(10-24)21(27)25-20(15)26/h4-9,11,27H,3H2,1-2H3,(H,25,26). The highest BCUT2D eigenvalue weighted by molar-refractivity contribution is 6.33. The zero-order valence-electron chi connectivity index (χ0n) is 16.2. The molecule has 3 rings (SSSR count). The summed E-state index contributed by atoms with van der Waals surface area (Å²) in [5.41, 5.74) is 0.0544. The van der Waals surface area contributed by atoms with Gasteiger partial charge in [-0.25, -0.2) is 4.79 Å². The maximum atomic E-state index is 12.2. The van der Waals surface area contributed by atoms with E-state index >= 15 is 0 Å². The van der Waals surface area contributed by atoms with Gasteiger partial charge in [0.25, 0.3) is 5.56 Å². The van der Waals surface area contributed by atoms with Gasteiger partial charge in [-0.3, -0.25) is 9.78 Å². The van der Waals surface area contributed by atoms with Crippen molar-refractivity contribution in [2.45, 2.75) is 20.0 Å². The van der Waals surface area contributed by atoms with Crippen molar-refractivity contribution in [3.8, 4) is 23.3 Å². The Kier molecular flexibility index (Phi) is 5.81. The van der Waals surface area contributed by atoms with E-state index in [4.69, 9.17) is 26.0 Å². The van der Waals surface area contributed by atoms with Crippen molar-refractivity contribution in [1.29, 1.82) is 5.26 Å². The van der Waals surface area contributed by atoms with E-state index in [-0.39, 0.29) is 32.7 Å². The number of nitriles is 1. The van der Waals surface area contributed by atoms with E-state index in [1.165, 1.54) is 6.08 Å². The summed E-state index contributed by atoms with van der Waals surface area (Å²) < 4.78 is 11.0. The first kappa shape index (κ1) is 21.0. The highest BCUT2D eigenvalue weighted by atomic mass is 35.5. The van der Waals surface area contributed by atoms with Crippen molar-refractivity contribution >= 4 is 30.2 Å². The van der Waals surface area contributed by atoms with Gasteiger partial charge in [0.1, 0.15) is 23.2 Å². The number of hydrogen-bond donors (Lipinski definition) is 2. The second-order valence-electron chi connectivity index (χ2n) is 6.68. The molecule has 3 aromatic rings. The molecule has 0 amide bonds. The fourth-order valence-corrected chi connectivity index (χ4v) is 2.96. The molecule has 30 heavy (non-hydrogen) atoms. The van der Waals surface area contributed by atoms with Gasteiger partial charge in [0.05, 0.1) is 21.9 Å². The van der Waals surface area contributed by atoms with Gasteiger partial charge in [-0.2, -0.15) is 5.26 Å². The van der Waals surface area contributed by atoms with Crippen molar-refractivity contribution in [2.24, 2.45) is 0 Å². The molecule has 2 aromatic heterocycles. The number of nitrogens with one attached hydrogen (secondary N) is 1. The number of carbonyl (C=O) groups excluding carboxylic acids is 1. The number of aromatic nitrogens is 1. The summed E-state index contributed by atoms with van der Waals surface area (Å²) >= 11 is 6.12. The molecule has 0 unspecified atom stereocenters. The Bertz CT molecular complexity index is 1350. The quantitative estimate of drug-likeness (QED) is 0.622. The number of esters is 1. The van der Waals surface area contributed by atoms with Crippen molar-refractivity contribution in [2.75, 3.05) is 0 Å². The topological polar surface area (TPSA) is 116 Å². The third-order valence-corrected chi connectivity index (χ3v) is 4.51. The van der Waals surface area contributed by atoms with E-state index in [1.54, 1.807) is 50.2 Å². The van der Waals surface area contributed by atoms with E-state index in [0.717, 1.165) is 0 Å². The van der Waals surface area contributed by atoms with Crippen molar-refractivity contribution < 1.29 is 19.1 Å². The van der Waals surface area contributed by atoms with Gasteiger partial charge in [0.15, 0.2) is 0 Å². The van der Waals surface area contributed by atoms with Crippen LogP contribution >= 0.6 is 11.6 Å². The molecule has 0 bridgehead atoms. The number of carbonyl (C=O) groups is 1. The van der Waals surface area contributed by atoms with Crippen LogP contribution in [0, 0.1) is 11.3 Å². The maximum absolute atomic E-state index is 12.2. The first-order valence-electron chi connectivity index (χ1n) is 8.88. The summed E-state index contributed by atoms with van der Waals surface area (Å²) in [6.45, 7) is 7.18. The fraction of sp³-hybridized carbons (Fsp3) is 0.136. The molecule has 7 nitrogen and oxygen atoms in total. The molecule has 0 spiro atoms. The lowest BCUT2D eigenvalue weighted by atomic mass is 10.1. The zero-order chi connectivity index (χ0) is 22.0. The van der Waals surface area contributed by atoms with Crippen LogP contribution in [0.1, 0.15) is 35.5 Å². The van der Waals surface area contributed by atoms with Crippen LogP contribution in [0.3, 0.4) is 0 Å². The maximum Gasteiger partial charge on any atom is 0.339 e. The first-order chi connectivity index (χ1) is 14.2. The van der Waals surface area contributed by atoms with Crippen LogP contribution in [0.2, 0.25) is 5.02 Å². The molecule has 0 aliphatic rings. The molecule has 0 saturated carbocycles. The third kappa shape index (κ3) is 4.14. The van der Waals surface area contributed by atoms with Crippen LogP contribution in [0.15, 0.2) is 39.5 Å². The smallest absolute Gasteiger partial charge is 0.339 e. The molecule has 0 saturated heterocycles. The number of halogens is 1. The van der Waals surface area contributed by atoms with E-state index in [0.29, 0.717) is 17.1 Å². The van der Waals surface area contributed by atoms with Crippen molar-refractivity contribution in [3.63, 3.8) is 0 Å². The Labute approximate surface area is 176 Å². The van der Waals surface area contributed by atoms with E-state index in [9.17, 15) is 14.7 Å². The van der Waals surface area contributed by atoms with Crippen LogP contribution in [-0.2, 0) is 4.74 Å². The fourth-order valence-electron chi connectivity index (χ4n) is 2.77. The number of benzene rings is 1. The molecule has 0 fully saturated rings. The van der Waals surface area contributed by atoms with Gasteiger partial charge >= 0.3 is 5.97 Å². The second kappa shape index (κ2) is 8.31. The molecule has 0 radical (unpaired) electrons. The number of pyridine rings is 1. The number of furan rings is 1. The number of H-pyrrole nitrogens is 1. The Morgan fingerprint density at radius 3 is 2.77 bits per heavy atom. The SMILES string of the molecule is C=c1c(C#N)c(O)[nH]c(=O)c1=Cc1ccc(-c2ccc(Cl)c(C(=O)OC(C)C)c2)o1. The molecular formula is C22H17ClN2O5. The van der Waals surface area contributed by atoms with Crippen LogP contribution in [0.5, 0.6) is 5.88 Å². The Morgan fingerprint density at radius 2 is 2.10 bits per heavy atom. The minimum absolute atomic E-state index is 0.0851. The molecule has 0 aliphatic carbocycles. The number of hydrogen-bond acceptors (Lipinski definition) is 6. The Hall–Kier alpha value is -3.76. The van der Waals surface area contributed by atoms with Gasteiger partial charge in [0, 0.05) is 10.8 Å². The Balaban J connectivity index is 2.04. The Morgan fingerprint density at radius 1 is 1.37 bits per heavy atom. The van der Waals surface area contributed by atoms with E-state index < -0.39 is 17.4 Å². The molecule has 2 N–H and O–H groups in total. The number of aromatic amines is 1.